The number of nitrogens with zero attached hydrogens (tertiary/aromatic N) is 4. The summed E-state index contributed by atoms with van der Waals surface area (Å²) >= 11 is 3.74. The van der Waals surface area contributed by atoms with Gasteiger partial charge in [-0.25, -0.2) is 0 Å². The van der Waals surface area contributed by atoms with Crippen molar-refractivity contribution in [3.05, 3.63) is 64.4 Å². The molecule has 222 valence electrons. The van der Waals surface area contributed by atoms with E-state index in [1.165, 1.54) is 7.11 Å². The molecule has 6 rings (SSSR count). The second-order valence-corrected chi connectivity index (χ2v) is 11.9. The molecule has 0 spiro atoms. The molecule has 5 aromatic rings. The van der Waals surface area contributed by atoms with Gasteiger partial charge in [-0.1, -0.05) is 6.07 Å². The first-order chi connectivity index (χ1) is 20.4. The van der Waals surface area contributed by atoms with Gasteiger partial charge in [0.25, 0.3) is 0 Å². The van der Waals surface area contributed by atoms with Crippen molar-refractivity contribution in [3.8, 4) is 35.4 Å². The molecule has 2 N–H and O–H groups in total. The van der Waals surface area contributed by atoms with Crippen molar-refractivity contribution in [2.45, 2.75) is 46.3 Å². The lowest BCUT2D eigenvalue weighted by atomic mass is 10.00. The van der Waals surface area contributed by atoms with E-state index < -0.39 is 5.60 Å². The Morgan fingerprint density at radius 3 is 2.53 bits per heavy atom. The van der Waals surface area contributed by atoms with Gasteiger partial charge in [0.1, 0.15) is 6.54 Å². The number of amides is 1. The molecular formula is C33H34BrN5O4. The SMILES string of the molecule is C#C.CC(C)(C)O.COC(=O)Cc1c(C)c2c3c(cc(-c4ccnc(-c5ccc6c(cnn6C)c5)c4)n3CC(=O)N2)c1Br. The number of carbonyl (C=O) groups excluding carboxylic acids is 2. The lowest BCUT2D eigenvalue weighted by molar-refractivity contribution is -0.139. The maximum Gasteiger partial charge on any atom is 0.310 e. The Morgan fingerprint density at radius 1 is 1.16 bits per heavy atom. The van der Waals surface area contributed by atoms with Gasteiger partial charge in [0.2, 0.25) is 5.91 Å². The van der Waals surface area contributed by atoms with Gasteiger partial charge in [-0.3, -0.25) is 19.3 Å². The number of benzene rings is 2. The van der Waals surface area contributed by atoms with Crippen LogP contribution in [-0.4, -0.2) is 49.0 Å². The number of aryl methyl sites for hydroxylation is 1. The van der Waals surface area contributed by atoms with Crippen LogP contribution in [-0.2, 0) is 34.3 Å². The van der Waals surface area contributed by atoms with Crippen LogP contribution >= 0.6 is 15.9 Å². The zero-order valence-corrected chi connectivity index (χ0v) is 26.6. The summed E-state index contributed by atoms with van der Waals surface area (Å²) in [5, 5.41) is 17.8. The van der Waals surface area contributed by atoms with E-state index in [-0.39, 0.29) is 24.8 Å². The number of nitrogens with one attached hydrogen (secondary N) is 1. The van der Waals surface area contributed by atoms with E-state index in [0.29, 0.717) is 0 Å². The first-order valence-corrected chi connectivity index (χ1v) is 14.3. The maximum atomic E-state index is 12.7. The van der Waals surface area contributed by atoms with Gasteiger partial charge >= 0.3 is 5.97 Å². The number of ether oxygens (including phenoxy) is 1. The number of aromatic nitrogens is 4. The summed E-state index contributed by atoms with van der Waals surface area (Å²) in [7, 11) is 3.29. The van der Waals surface area contributed by atoms with Crippen LogP contribution < -0.4 is 5.32 Å². The molecule has 0 aliphatic carbocycles. The van der Waals surface area contributed by atoms with Crippen LogP contribution in [0, 0.1) is 19.8 Å². The lowest BCUT2D eigenvalue weighted by Crippen LogP contribution is -2.25. The molecule has 10 heteroatoms. The van der Waals surface area contributed by atoms with Crippen LogP contribution in [0.4, 0.5) is 5.69 Å². The summed E-state index contributed by atoms with van der Waals surface area (Å²) in [5.41, 5.74) is 7.53. The average molecular weight is 645 g/mol. The molecule has 0 unspecified atom stereocenters. The molecule has 1 aliphatic heterocycles. The number of methoxy groups -OCH3 is 1. The fourth-order valence-electron chi connectivity index (χ4n) is 5.02. The number of rotatable bonds is 4. The van der Waals surface area contributed by atoms with Crippen LogP contribution in [0.25, 0.3) is 44.3 Å². The number of pyridine rings is 1. The van der Waals surface area contributed by atoms with Crippen LogP contribution in [0.2, 0.25) is 0 Å². The molecular weight excluding hydrogens is 610 g/mol. The third-order valence-corrected chi connectivity index (χ3v) is 7.78. The summed E-state index contributed by atoms with van der Waals surface area (Å²) in [4.78, 5) is 29.5. The molecule has 0 saturated heterocycles. The predicted octanol–water partition coefficient (Wildman–Crippen LogP) is 6.02. The molecule has 0 radical (unpaired) electrons. The van der Waals surface area contributed by atoms with E-state index in [1.54, 1.807) is 27.0 Å². The van der Waals surface area contributed by atoms with Crippen LogP contribution in [0.1, 0.15) is 31.9 Å². The number of hydrogen-bond donors (Lipinski definition) is 2. The highest BCUT2D eigenvalue weighted by Gasteiger charge is 2.28. The van der Waals surface area contributed by atoms with Crippen molar-refractivity contribution < 1.29 is 19.4 Å². The van der Waals surface area contributed by atoms with E-state index >= 15 is 0 Å². The quantitative estimate of drug-likeness (QED) is 0.183. The van der Waals surface area contributed by atoms with E-state index in [4.69, 9.17) is 9.84 Å². The summed E-state index contributed by atoms with van der Waals surface area (Å²) in [6.45, 7) is 7.35. The smallest absolute Gasteiger partial charge is 0.310 e. The number of esters is 1. The van der Waals surface area contributed by atoms with E-state index in [0.717, 1.165) is 65.6 Å². The first-order valence-electron chi connectivity index (χ1n) is 13.5. The Morgan fingerprint density at radius 2 is 1.86 bits per heavy atom. The number of hydrogen-bond acceptors (Lipinski definition) is 6. The third kappa shape index (κ3) is 6.48. The van der Waals surface area contributed by atoms with Crippen LogP contribution in [0.3, 0.4) is 0 Å². The number of fused-ring (bicyclic) bond motifs is 1. The zero-order valence-electron chi connectivity index (χ0n) is 25.0. The predicted molar refractivity (Wildman–Crippen MR) is 174 cm³/mol. The molecule has 2 aromatic carbocycles. The maximum absolute atomic E-state index is 12.7. The Bertz CT molecular complexity index is 1870. The highest BCUT2D eigenvalue weighted by molar-refractivity contribution is 9.10. The zero-order chi connectivity index (χ0) is 31.6. The second-order valence-electron chi connectivity index (χ2n) is 11.1. The molecule has 0 atom stereocenters. The number of terminal acetylenes is 1. The Balaban J connectivity index is 0.000000551. The first kappa shape index (κ1) is 31.5. The molecule has 0 fully saturated rings. The lowest BCUT2D eigenvalue weighted by Gasteiger charge is -2.23. The molecule has 4 heterocycles. The van der Waals surface area contributed by atoms with Gasteiger partial charge in [0.15, 0.2) is 0 Å². The van der Waals surface area contributed by atoms with Crippen molar-refractivity contribution in [1.82, 2.24) is 19.3 Å². The topological polar surface area (TPSA) is 111 Å². The number of anilines is 1. The number of halogens is 1. The number of carbonyl (C=O) groups is 2. The minimum absolute atomic E-state index is 0.105. The normalized spacial score (nSPS) is 12.2. The largest absolute Gasteiger partial charge is 0.469 e. The summed E-state index contributed by atoms with van der Waals surface area (Å²) in [6, 6.07) is 12.2. The van der Waals surface area contributed by atoms with Gasteiger partial charge in [0, 0.05) is 45.3 Å². The van der Waals surface area contributed by atoms with Crippen molar-refractivity contribution in [1.29, 1.82) is 0 Å². The van der Waals surface area contributed by atoms with E-state index in [9.17, 15) is 9.59 Å². The van der Waals surface area contributed by atoms with Crippen LogP contribution in [0.15, 0.2) is 53.3 Å². The summed E-state index contributed by atoms with van der Waals surface area (Å²) in [5.74, 6) is -0.441. The van der Waals surface area contributed by atoms with E-state index in [1.807, 2.05) is 53.7 Å². The minimum Gasteiger partial charge on any atom is -0.469 e. The van der Waals surface area contributed by atoms with Gasteiger partial charge < -0.3 is 19.7 Å². The minimum atomic E-state index is -0.500. The fraction of sp³-hybridized carbons (Fsp3) is 0.273. The molecule has 0 bridgehead atoms. The van der Waals surface area contributed by atoms with Crippen molar-refractivity contribution in [2.75, 3.05) is 12.4 Å². The van der Waals surface area contributed by atoms with Crippen LogP contribution in [0.5, 0.6) is 0 Å². The van der Waals surface area contributed by atoms with Gasteiger partial charge in [-0.05, 0) is 85.1 Å². The van der Waals surface area contributed by atoms with Crippen molar-refractivity contribution in [3.63, 3.8) is 0 Å². The van der Waals surface area contributed by atoms with Gasteiger partial charge in [-0.2, -0.15) is 5.10 Å². The number of aliphatic hydroxyl groups is 1. The molecule has 43 heavy (non-hydrogen) atoms. The molecule has 1 aliphatic rings. The fourth-order valence-corrected chi connectivity index (χ4v) is 5.76. The highest BCUT2D eigenvalue weighted by Crippen LogP contribution is 2.43. The highest BCUT2D eigenvalue weighted by atomic mass is 79.9. The average Bonchev–Trinajstić information content (AvgIpc) is 3.54. The molecule has 0 saturated carbocycles. The second kappa shape index (κ2) is 12.4. The molecule has 3 aromatic heterocycles. The van der Waals surface area contributed by atoms with Gasteiger partial charge in [0.05, 0.1) is 47.7 Å². The Labute approximate surface area is 259 Å². The Hall–Kier alpha value is -4.46. The summed E-state index contributed by atoms with van der Waals surface area (Å²) in [6.07, 6.45) is 11.7. The van der Waals surface area contributed by atoms with Crippen molar-refractivity contribution >= 4 is 55.3 Å². The third-order valence-electron chi connectivity index (χ3n) is 6.88. The van der Waals surface area contributed by atoms with E-state index in [2.05, 4.69) is 56.3 Å². The molecule has 9 nitrogen and oxygen atoms in total. The monoisotopic (exact) mass is 643 g/mol. The Kier molecular flexibility index (Phi) is 9.09. The molecule has 1 amide bonds. The standard InChI is InChI=1S/C27H22BrN5O3.C4H10O.C2H2/c1-14-18(11-24(35)36-3)25(28)19-10-22(33-13-23(34)31-26(14)27(19)33)16-6-7-29-20(9-16)15-4-5-21-17(8-15)12-30-32(21)2;1-4(2,3)5;1-2/h4-10,12H,11,13H2,1-3H3,(H,31,34);5H,1-3H3;1-2H. The summed E-state index contributed by atoms with van der Waals surface area (Å²) < 4.78 is 9.61. The van der Waals surface area contributed by atoms with Gasteiger partial charge in [-0.15, -0.1) is 12.8 Å². The van der Waals surface area contributed by atoms with Crippen molar-refractivity contribution in [2.24, 2.45) is 7.05 Å².